The molecule has 0 fully saturated rings. The number of carbonyl (C=O) groups excluding carboxylic acids is 2. The van der Waals surface area contributed by atoms with Crippen LogP contribution in [-0.4, -0.2) is 28.6 Å². The summed E-state index contributed by atoms with van der Waals surface area (Å²) >= 11 is 1.63. The van der Waals surface area contributed by atoms with Gasteiger partial charge in [0.2, 0.25) is 0 Å². The number of thiazole rings is 1. The Morgan fingerprint density at radius 3 is 2.48 bits per heavy atom. The summed E-state index contributed by atoms with van der Waals surface area (Å²) in [5.41, 5.74) is 4.75. The maximum absolute atomic E-state index is 12.1. The lowest BCUT2D eigenvalue weighted by Gasteiger charge is -2.07. The predicted octanol–water partition coefficient (Wildman–Crippen LogP) is 4.56. The maximum Gasteiger partial charge on any atom is 0.338 e. The molecular weight excluding hydrogens is 412 g/mol. The van der Waals surface area contributed by atoms with E-state index in [-0.39, 0.29) is 13.2 Å². The van der Waals surface area contributed by atoms with Gasteiger partial charge in [0.25, 0.3) is 5.91 Å². The van der Waals surface area contributed by atoms with E-state index in [2.05, 4.69) is 23.3 Å². The number of ether oxygens (including phenoxy) is 1. The Morgan fingerprint density at radius 2 is 1.77 bits per heavy atom. The summed E-state index contributed by atoms with van der Waals surface area (Å²) in [5, 5.41) is 12.7. The number of amides is 1. The second-order valence-corrected chi connectivity index (χ2v) is 8.08. The largest absolute Gasteiger partial charge is 0.452 e. The first-order valence-corrected chi connectivity index (χ1v) is 10.5. The van der Waals surface area contributed by atoms with Crippen LogP contribution in [0.4, 0.5) is 5.69 Å². The van der Waals surface area contributed by atoms with Gasteiger partial charge in [-0.1, -0.05) is 18.2 Å². The van der Waals surface area contributed by atoms with Crippen molar-refractivity contribution >= 4 is 39.1 Å². The normalized spacial score (nSPS) is 10.8. The van der Waals surface area contributed by atoms with Crippen LogP contribution in [0.2, 0.25) is 0 Å². The number of nitrogens with zero attached hydrogens (tertiary/aromatic N) is 1. The molecule has 4 rings (SSSR count). The van der Waals surface area contributed by atoms with E-state index in [0.29, 0.717) is 16.8 Å². The van der Waals surface area contributed by atoms with E-state index in [1.807, 2.05) is 24.3 Å². The van der Waals surface area contributed by atoms with Gasteiger partial charge in [-0.15, -0.1) is 11.3 Å². The number of anilines is 1. The second-order valence-electron chi connectivity index (χ2n) is 7.05. The standard InChI is InChI=1S/C24H20N2O4S/c1-15-2-11-20-21(12-15)31-23(26-20)17-7-9-19(10-8-17)25-22(28)14-30-24(29)18-5-3-16(13-27)4-6-18/h2-12,27H,13-14H2,1H3,(H,25,28). The van der Waals surface area contributed by atoms with Crippen molar-refractivity contribution in [3.8, 4) is 10.6 Å². The zero-order chi connectivity index (χ0) is 21.8. The van der Waals surface area contributed by atoms with Gasteiger partial charge >= 0.3 is 5.97 Å². The monoisotopic (exact) mass is 432 g/mol. The molecule has 0 aliphatic heterocycles. The van der Waals surface area contributed by atoms with Crippen LogP contribution < -0.4 is 5.32 Å². The van der Waals surface area contributed by atoms with Crippen molar-refractivity contribution in [2.45, 2.75) is 13.5 Å². The molecule has 1 amide bonds. The minimum atomic E-state index is -0.596. The van der Waals surface area contributed by atoms with Crippen molar-refractivity contribution < 1.29 is 19.4 Å². The SMILES string of the molecule is Cc1ccc2nc(-c3ccc(NC(=O)COC(=O)c4ccc(CO)cc4)cc3)sc2c1. The molecule has 31 heavy (non-hydrogen) atoms. The number of benzene rings is 3. The van der Waals surface area contributed by atoms with E-state index < -0.39 is 11.9 Å². The van der Waals surface area contributed by atoms with Crippen LogP contribution in [0.15, 0.2) is 66.7 Å². The minimum Gasteiger partial charge on any atom is -0.452 e. The van der Waals surface area contributed by atoms with Crippen molar-refractivity contribution in [3.05, 3.63) is 83.4 Å². The zero-order valence-electron chi connectivity index (χ0n) is 16.8. The first-order chi connectivity index (χ1) is 15.0. The van der Waals surface area contributed by atoms with Crippen molar-refractivity contribution in [2.24, 2.45) is 0 Å². The highest BCUT2D eigenvalue weighted by Crippen LogP contribution is 2.31. The first kappa shape index (κ1) is 20.7. The molecule has 1 heterocycles. The molecule has 0 atom stereocenters. The average molecular weight is 433 g/mol. The topological polar surface area (TPSA) is 88.5 Å². The molecule has 0 radical (unpaired) electrons. The molecule has 0 spiro atoms. The molecule has 4 aromatic rings. The van der Waals surface area contributed by atoms with Gasteiger partial charge in [-0.2, -0.15) is 0 Å². The van der Waals surface area contributed by atoms with Crippen LogP contribution >= 0.6 is 11.3 Å². The van der Waals surface area contributed by atoms with Crippen LogP contribution in [0.5, 0.6) is 0 Å². The highest BCUT2D eigenvalue weighted by molar-refractivity contribution is 7.21. The fourth-order valence-electron chi connectivity index (χ4n) is 3.01. The van der Waals surface area contributed by atoms with Gasteiger partial charge in [0.15, 0.2) is 6.61 Å². The molecule has 0 aliphatic carbocycles. The highest BCUT2D eigenvalue weighted by atomic mass is 32.1. The number of aliphatic hydroxyl groups excluding tert-OH is 1. The third-order valence-electron chi connectivity index (χ3n) is 4.67. The lowest BCUT2D eigenvalue weighted by atomic mass is 10.1. The molecule has 0 unspecified atom stereocenters. The zero-order valence-corrected chi connectivity index (χ0v) is 17.6. The molecule has 156 valence electrons. The van der Waals surface area contributed by atoms with Crippen LogP contribution in [0, 0.1) is 6.92 Å². The molecule has 0 aliphatic rings. The Labute approximate surface area is 183 Å². The average Bonchev–Trinajstić information content (AvgIpc) is 3.21. The highest BCUT2D eigenvalue weighted by Gasteiger charge is 2.11. The summed E-state index contributed by atoms with van der Waals surface area (Å²) < 4.78 is 6.19. The fourth-order valence-corrected chi connectivity index (χ4v) is 4.08. The maximum atomic E-state index is 12.1. The van der Waals surface area contributed by atoms with Crippen molar-refractivity contribution in [3.63, 3.8) is 0 Å². The molecule has 0 bridgehead atoms. The minimum absolute atomic E-state index is 0.102. The van der Waals surface area contributed by atoms with Crippen LogP contribution in [0.1, 0.15) is 21.5 Å². The quantitative estimate of drug-likeness (QED) is 0.436. The lowest BCUT2D eigenvalue weighted by Crippen LogP contribution is -2.20. The molecular formula is C24H20N2O4S. The van der Waals surface area contributed by atoms with Gasteiger partial charge in [0, 0.05) is 11.3 Å². The summed E-state index contributed by atoms with van der Waals surface area (Å²) in [6.07, 6.45) is 0. The third kappa shape index (κ3) is 4.96. The van der Waals surface area contributed by atoms with E-state index in [1.165, 1.54) is 5.56 Å². The Bertz CT molecular complexity index is 1230. The number of rotatable bonds is 6. The number of nitrogens with one attached hydrogen (secondary N) is 1. The Hall–Kier alpha value is -3.55. The molecule has 2 N–H and O–H groups in total. The second kappa shape index (κ2) is 9.07. The van der Waals surface area contributed by atoms with Gasteiger partial charge in [0.05, 0.1) is 22.4 Å². The Balaban J connectivity index is 1.34. The van der Waals surface area contributed by atoms with Crippen molar-refractivity contribution in [2.75, 3.05) is 11.9 Å². The smallest absolute Gasteiger partial charge is 0.338 e. The van der Waals surface area contributed by atoms with Gasteiger partial charge in [-0.25, -0.2) is 9.78 Å². The number of fused-ring (bicyclic) bond motifs is 1. The number of aryl methyl sites for hydroxylation is 1. The van der Waals surface area contributed by atoms with E-state index in [0.717, 1.165) is 20.8 Å². The number of aliphatic hydroxyl groups is 1. The van der Waals surface area contributed by atoms with E-state index >= 15 is 0 Å². The summed E-state index contributed by atoms with van der Waals surface area (Å²) in [6, 6.07) is 19.9. The molecule has 0 saturated carbocycles. The Morgan fingerprint density at radius 1 is 1.03 bits per heavy atom. The molecule has 3 aromatic carbocycles. The van der Waals surface area contributed by atoms with Crippen LogP contribution in [0.3, 0.4) is 0 Å². The van der Waals surface area contributed by atoms with E-state index in [1.54, 1.807) is 47.7 Å². The van der Waals surface area contributed by atoms with Crippen LogP contribution in [-0.2, 0) is 16.1 Å². The summed E-state index contributed by atoms with van der Waals surface area (Å²) in [5.74, 6) is -1.02. The number of hydrogen-bond donors (Lipinski definition) is 2. The van der Waals surface area contributed by atoms with Crippen molar-refractivity contribution in [1.82, 2.24) is 4.98 Å². The van der Waals surface area contributed by atoms with Gasteiger partial charge < -0.3 is 15.2 Å². The molecule has 6 nitrogen and oxygen atoms in total. The fraction of sp³-hybridized carbons (Fsp3) is 0.125. The van der Waals surface area contributed by atoms with Gasteiger partial charge in [-0.3, -0.25) is 4.79 Å². The number of carbonyl (C=O) groups is 2. The number of aromatic nitrogens is 1. The molecule has 0 saturated heterocycles. The third-order valence-corrected chi connectivity index (χ3v) is 5.73. The van der Waals surface area contributed by atoms with Crippen molar-refractivity contribution in [1.29, 1.82) is 0 Å². The Kier molecular flexibility index (Phi) is 6.06. The summed E-state index contributed by atoms with van der Waals surface area (Å²) in [6.45, 7) is 1.56. The number of hydrogen-bond acceptors (Lipinski definition) is 6. The molecule has 1 aromatic heterocycles. The lowest BCUT2D eigenvalue weighted by molar-refractivity contribution is -0.119. The van der Waals surface area contributed by atoms with E-state index in [9.17, 15) is 9.59 Å². The predicted molar refractivity (Wildman–Crippen MR) is 121 cm³/mol. The summed E-state index contributed by atoms with van der Waals surface area (Å²) in [4.78, 5) is 28.8. The summed E-state index contributed by atoms with van der Waals surface area (Å²) in [7, 11) is 0. The van der Waals surface area contributed by atoms with Crippen LogP contribution in [0.25, 0.3) is 20.8 Å². The van der Waals surface area contributed by atoms with Gasteiger partial charge in [-0.05, 0) is 66.6 Å². The van der Waals surface area contributed by atoms with E-state index in [4.69, 9.17) is 9.84 Å². The van der Waals surface area contributed by atoms with Gasteiger partial charge in [0.1, 0.15) is 5.01 Å². The molecule has 7 heteroatoms. The number of esters is 1. The first-order valence-electron chi connectivity index (χ1n) is 9.66.